The van der Waals surface area contributed by atoms with Crippen LogP contribution in [0.2, 0.25) is 0 Å². The van der Waals surface area contributed by atoms with Crippen molar-refractivity contribution in [3.05, 3.63) is 60.0 Å². The summed E-state index contributed by atoms with van der Waals surface area (Å²) in [4.78, 5) is 30.7. The normalized spacial score (nSPS) is 15.6. The number of rotatable bonds is 6. The molecule has 2 saturated heterocycles. The molecule has 2 aromatic carbocycles. The number of methoxy groups -OCH3 is 2. The van der Waals surface area contributed by atoms with Crippen LogP contribution < -0.4 is 24.3 Å². The Kier molecular flexibility index (Phi) is 8.46. The Balaban J connectivity index is 1.49. The maximum Gasteiger partial charge on any atom is 0.222 e. The van der Waals surface area contributed by atoms with Gasteiger partial charge in [-0.3, -0.25) is 9.59 Å². The van der Waals surface area contributed by atoms with Gasteiger partial charge in [-0.25, -0.2) is 4.58 Å². The van der Waals surface area contributed by atoms with Crippen molar-refractivity contribution in [3.63, 3.8) is 0 Å². The second-order valence-corrected chi connectivity index (χ2v) is 11.3. The number of carbonyl (C=O) groups is 2. The largest absolute Gasteiger partial charge is 0.496 e. The topological polar surface area (TPSA) is 78.5 Å². The van der Waals surface area contributed by atoms with Crippen molar-refractivity contribution in [3.8, 4) is 33.9 Å². The van der Waals surface area contributed by atoms with Gasteiger partial charge in [-0.2, -0.15) is 0 Å². The Bertz CT molecular complexity index is 1700. The summed E-state index contributed by atoms with van der Waals surface area (Å²) in [7, 11) is 3.36. The lowest BCUT2D eigenvalue weighted by atomic mass is 9.92. The van der Waals surface area contributed by atoms with Crippen LogP contribution in [0.1, 0.15) is 26.7 Å². The number of benzene rings is 3. The van der Waals surface area contributed by atoms with Crippen molar-refractivity contribution in [2.75, 3.05) is 71.5 Å². The highest BCUT2D eigenvalue weighted by Gasteiger charge is 2.27. The van der Waals surface area contributed by atoms with Gasteiger partial charge in [0.1, 0.15) is 22.8 Å². The standard InChI is InChI=1S/C35H41N4O5/c1-5-32(40)38-18-14-36(15-19-38)24-10-12-26-30(22-24)44-31-23-25(37-16-20-39(21-17-37)33(41)6-2)11-13-27(31)34(26)35-28(42-3)8-7-9-29(35)43-4/h7-13,22-23H,5-6,14-21H2,1-4H3/q+1. The molecule has 230 valence electrons. The van der Waals surface area contributed by atoms with E-state index in [9.17, 15) is 9.59 Å². The van der Waals surface area contributed by atoms with E-state index in [1.54, 1.807) is 14.2 Å². The zero-order chi connectivity index (χ0) is 30.8. The first-order valence-electron chi connectivity index (χ1n) is 15.6. The van der Waals surface area contributed by atoms with Crippen molar-refractivity contribution in [2.45, 2.75) is 26.7 Å². The van der Waals surface area contributed by atoms with Gasteiger partial charge in [0, 0.05) is 73.4 Å². The second kappa shape index (κ2) is 12.6. The van der Waals surface area contributed by atoms with E-state index < -0.39 is 0 Å². The minimum Gasteiger partial charge on any atom is -0.496 e. The molecule has 2 aromatic rings. The molecule has 0 bridgehead atoms. The van der Waals surface area contributed by atoms with Crippen LogP contribution in [0.25, 0.3) is 33.4 Å². The molecule has 3 heterocycles. The number of nitrogens with zero attached hydrogens (tertiary/aromatic N) is 4. The van der Waals surface area contributed by atoms with Gasteiger partial charge in [0.2, 0.25) is 17.2 Å². The molecule has 44 heavy (non-hydrogen) atoms. The molecule has 9 heteroatoms. The summed E-state index contributed by atoms with van der Waals surface area (Å²) in [5.74, 6) is 2.61. The number of piperazine rings is 2. The molecule has 2 fully saturated rings. The van der Waals surface area contributed by atoms with Crippen molar-refractivity contribution >= 4 is 28.5 Å². The quantitative estimate of drug-likeness (QED) is 0.244. The number of amides is 2. The molecule has 6 rings (SSSR count). The van der Waals surface area contributed by atoms with Crippen LogP contribution in [0.4, 0.5) is 5.69 Å². The number of carbonyl (C=O) groups excluding carboxylic acids is 2. The fraction of sp³-hybridized carbons (Fsp3) is 0.400. The van der Waals surface area contributed by atoms with Gasteiger partial charge in [-0.05, 0) is 30.3 Å². The van der Waals surface area contributed by atoms with Gasteiger partial charge in [0.25, 0.3) is 0 Å². The fourth-order valence-electron chi connectivity index (χ4n) is 6.50. The monoisotopic (exact) mass is 597 g/mol. The number of hydrogen-bond donors (Lipinski definition) is 0. The van der Waals surface area contributed by atoms with Crippen LogP contribution in [-0.2, 0) is 9.59 Å². The Morgan fingerprint density at radius 1 is 0.773 bits per heavy atom. The molecule has 0 radical (unpaired) electrons. The maximum absolute atomic E-state index is 12.2. The lowest BCUT2D eigenvalue weighted by Gasteiger charge is -2.36. The molecule has 0 spiro atoms. The molecule has 0 saturated carbocycles. The van der Waals surface area contributed by atoms with E-state index in [4.69, 9.17) is 13.9 Å². The minimum absolute atomic E-state index is 0.203. The summed E-state index contributed by atoms with van der Waals surface area (Å²) in [6, 6.07) is 18.6. The lowest BCUT2D eigenvalue weighted by molar-refractivity contribution is -0.132. The average Bonchev–Trinajstić information content (AvgIpc) is 3.09. The lowest BCUT2D eigenvalue weighted by Crippen LogP contribution is -2.49. The van der Waals surface area contributed by atoms with Crippen LogP contribution in [0, 0.1) is 0 Å². The van der Waals surface area contributed by atoms with Crippen molar-refractivity contribution < 1.29 is 23.5 Å². The number of fused-ring (bicyclic) bond motifs is 2. The van der Waals surface area contributed by atoms with Gasteiger partial charge < -0.3 is 28.6 Å². The van der Waals surface area contributed by atoms with Crippen LogP contribution in [0.5, 0.6) is 11.5 Å². The molecule has 4 aliphatic rings. The van der Waals surface area contributed by atoms with Gasteiger partial charge in [0.05, 0.1) is 38.9 Å². The molecule has 3 aliphatic heterocycles. The van der Waals surface area contributed by atoms with E-state index in [0.717, 1.165) is 82.1 Å². The van der Waals surface area contributed by atoms with Crippen molar-refractivity contribution in [2.24, 2.45) is 0 Å². The van der Waals surface area contributed by atoms with E-state index in [1.165, 1.54) is 0 Å². The molecular formula is C35H41N4O5+. The summed E-state index contributed by atoms with van der Waals surface area (Å²) in [6.45, 7) is 9.77. The summed E-state index contributed by atoms with van der Waals surface area (Å²) in [6.07, 6.45) is 1.07. The van der Waals surface area contributed by atoms with E-state index in [2.05, 4.69) is 45.9 Å². The first-order chi connectivity index (χ1) is 21.4. The average molecular weight is 598 g/mol. The van der Waals surface area contributed by atoms with E-state index in [1.807, 2.05) is 41.8 Å². The molecule has 0 unspecified atom stereocenters. The zero-order valence-electron chi connectivity index (χ0n) is 26.1. The number of hydrogen-bond acceptors (Lipinski definition) is 6. The summed E-state index contributed by atoms with van der Waals surface area (Å²) >= 11 is 0. The highest BCUT2D eigenvalue weighted by Crippen LogP contribution is 2.47. The third kappa shape index (κ3) is 5.47. The van der Waals surface area contributed by atoms with Gasteiger partial charge >= 0.3 is 0 Å². The molecule has 2 amide bonds. The van der Waals surface area contributed by atoms with E-state index in [0.29, 0.717) is 39.0 Å². The first-order valence-corrected chi connectivity index (χ1v) is 15.6. The summed E-state index contributed by atoms with van der Waals surface area (Å²) in [5, 5.41) is 2.03. The number of anilines is 1. The smallest absolute Gasteiger partial charge is 0.222 e. The van der Waals surface area contributed by atoms with Gasteiger partial charge in [-0.15, -0.1) is 0 Å². The molecule has 9 nitrogen and oxygen atoms in total. The van der Waals surface area contributed by atoms with Crippen molar-refractivity contribution in [1.82, 2.24) is 14.4 Å². The van der Waals surface area contributed by atoms with Gasteiger partial charge in [-0.1, -0.05) is 19.9 Å². The molecular weight excluding hydrogens is 556 g/mol. The molecule has 0 aromatic heterocycles. The highest BCUT2D eigenvalue weighted by atomic mass is 16.5. The Morgan fingerprint density at radius 3 is 2.02 bits per heavy atom. The van der Waals surface area contributed by atoms with Crippen LogP contribution in [0.3, 0.4) is 0 Å². The van der Waals surface area contributed by atoms with E-state index >= 15 is 0 Å². The fourth-order valence-corrected chi connectivity index (χ4v) is 6.50. The second-order valence-electron chi connectivity index (χ2n) is 11.3. The van der Waals surface area contributed by atoms with Crippen molar-refractivity contribution in [1.29, 1.82) is 0 Å². The number of ether oxygens (including phenoxy) is 2. The molecule has 0 N–H and O–H groups in total. The highest BCUT2D eigenvalue weighted by molar-refractivity contribution is 6.05. The third-order valence-electron chi connectivity index (χ3n) is 8.97. The molecule has 1 aliphatic carbocycles. The predicted molar refractivity (Wildman–Crippen MR) is 172 cm³/mol. The summed E-state index contributed by atoms with van der Waals surface area (Å²) in [5.41, 5.74) is 4.66. The SMILES string of the molecule is CCC(=O)N1CCN(c2ccc3c(-c4c(OC)cccc4OC)c4ccc(=[N+]5CCN(C(=O)CC)CC5)cc-4oc3c2)CC1. The Hall–Kier alpha value is -4.53. The molecule has 0 atom stereocenters. The van der Waals surface area contributed by atoms with Crippen LogP contribution >= 0.6 is 0 Å². The first kappa shape index (κ1) is 29.5. The van der Waals surface area contributed by atoms with E-state index in [-0.39, 0.29) is 11.8 Å². The summed E-state index contributed by atoms with van der Waals surface area (Å²) < 4.78 is 20.7. The van der Waals surface area contributed by atoms with Crippen LogP contribution in [-0.4, -0.2) is 88.2 Å². The minimum atomic E-state index is 0.203. The van der Waals surface area contributed by atoms with Gasteiger partial charge in [0.15, 0.2) is 13.1 Å². The Morgan fingerprint density at radius 2 is 1.41 bits per heavy atom. The van der Waals surface area contributed by atoms with Crippen LogP contribution in [0.15, 0.2) is 59.0 Å². The third-order valence-corrected chi connectivity index (χ3v) is 8.97. The predicted octanol–water partition coefficient (Wildman–Crippen LogP) is 4.30. The maximum atomic E-state index is 12.2. The zero-order valence-corrected chi connectivity index (χ0v) is 26.1. The Labute approximate surface area is 258 Å².